The molecule has 2 aromatic carbocycles. The fourth-order valence-corrected chi connectivity index (χ4v) is 2.35. The van der Waals surface area contributed by atoms with Gasteiger partial charge >= 0.3 is 0 Å². The van der Waals surface area contributed by atoms with Crippen LogP contribution in [-0.2, 0) is 17.9 Å². The minimum absolute atomic E-state index is 0.204. The van der Waals surface area contributed by atoms with Crippen molar-refractivity contribution in [1.82, 2.24) is 20.3 Å². The first-order chi connectivity index (χ1) is 12.0. The van der Waals surface area contributed by atoms with Gasteiger partial charge in [-0.1, -0.05) is 29.5 Å². The minimum atomic E-state index is -0.536. The van der Waals surface area contributed by atoms with Gasteiger partial charge < -0.3 is 11.1 Å². The summed E-state index contributed by atoms with van der Waals surface area (Å²) in [6.07, 6.45) is 0. The lowest BCUT2D eigenvalue weighted by Crippen LogP contribution is -2.34. The molecule has 0 atom stereocenters. The molecule has 0 saturated heterocycles. The van der Waals surface area contributed by atoms with Gasteiger partial charge in [-0.2, -0.15) is 0 Å². The Labute approximate surface area is 142 Å². The summed E-state index contributed by atoms with van der Waals surface area (Å²) in [6, 6.07) is 13.4. The van der Waals surface area contributed by atoms with Crippen molar-refractivity contribution in [1.29, 1.82) is 0 Å². The summed E-state index contributed by atoms with van der Waals surface area (Å²) >= 11 is 0. The zero-order valence-electron chi connectivity index (χ0n) is 13.2. The van der Waals surface area contributed by atoms with E-state index in [9.17, 15) is 14.4 Å². The topological polar surface area (TPSA) is 120 Å². The van der Waals surface area contributed by atoms with Crippen LogP contribution in [0.4, 0.5) is 0 Å². The lowest BCUT2D eigenvalue weighted by molar-refractivity contribution is -0.122. The van der Waals surface area contributed by atoms with Gasteiger partial charge in [0.05, 0.1) is 5.39 Å². The Kier molecular flexibility index (Phi) is 4.51. The van der Waals surface area contributed by atoms with Crippen molar-refractivity contribution < 1.29 is 9.59 Å². The molecule has 3 rings (SSSR count). The molecule has 0 aliphatic heterocycles. The number of nitrogens with two attached hydrogens (primary N) is 1. The molecule has 3 N–H and O–H groups in total. The largest absolute Gasteiger partial charge is 0.366 e. The van der Waals surface area contributed by atoms with Crippen molar-refractivity contribution in [2.45, 2.75) is 13.1 Å². The molecule has 25 heavy (non-hydrogen) atoms. The molecule has 0 bridgehead atoms. The molecule has 8 nitrogen and oxygen atoms in total. The molecule has 0 radical (unpaired) electrons. The third-order valence-electron chi connectivity index (χ3n) is 3.62. The highest BCUT2D eigenvalue weighted by Crippen LogP contribution is 2.05. The van der Waals surface area contributed by atoms with E-state index >= 15 is 0 Å². The van der Waals surface area contributed by atoms with Crippen LogP contribution in [0.5, 0.6) is 0 Å². The SMILES string of the molecule is NC(=O)c1cccc(CNC(=O)Cn2nnc3ccccc3c2=O)c1. The molecule has 8 heteroatoms. The van der Waals surface area contributed by atoms with E-state index in [4.69, 9.17) is 5.73 Å². The molecule has 0 aliphatic rings. The number of amides is 2. The quantitative estimate of drug-likeness (QED) is 0.689. The van der Waals surface area contributed by atoms with E-state index in [1.807, 2.05) is 0 Å². The lowest BCUT2D eigenvalue weighted by Gasteiger charge is -2.07. The van der Waals surface area contributed by atoms with Crippen molar-refractivity contribution in [3.05, 3.63) is 70.0 Å². The number of fused-ring (bicyclic) bond motifs is 1. The number of benzene rings is 2. The van der Waals surface area contributed by atoms with E-state index < -0.39 is 11.8 Å². The molecule has 2 amide bonds. The molecule has 0 fully saturated rings. The number of nitrogens with one attached hydrogen (secondary N) is 1. The van der Waals surface area contributed by atoms with E-state index in [2.05, 4.69) is 15.6 Å². The van der Waals surface area contributed by atoms with Crippen molar-refractivity contribution in [3.63, 3.8) is 0 Å². The van der Waals surface area contributed by atoms with Gasteiger partial charge in [-0.25, -0.2) is 4.68 Å². The first-order valence-corrected chi connectivity index (χ1v) is 7.52. The van der Waals surface area contributed by atoms with Gasteiger partial charge in [0.15, 0.2) is 0 Å². The first-order valence-electron chi connectivity index (χ1n) is 7.52. The maximum absolute atomic E-state index is 12.3. The van der Waals surface area contributed by atoms with Gasteiger partial charge in [0.1, 0.15) is 12.1 Å². The number of nitrogens with zero attached hydrogens (tertiary/aromatic N) is 3. The van der Waals surface area contributed by atoms with Gasteiger partial charge in [-0.3, -0.25) is 14.4 Å². The summed E-state index contributed by atoms with van der Waals surface area (Å²) in [5.41, 5.74) is 6.41. The first kappa shape index (κ1) is 16.3. The van der Waals surface area contributed by atoms with Crippen LogP contribution in [-0.4, -0.2) is 26.8 Å². The Morgan fingerprint density at radius 3 is 2.72 bits per heavy atom. The van der Waals surface area contributed by atoms with Crippen LogP contribution in [0.3, 0.4) is 0 Å². The normalized spacial score (nSPS) is 10.6. The van der Waals surface area contributed by atoms with Crippen LogP contribution in [0.15, 0.2) is 53.3 Å². The maximum Gasteiger partial charge on any atom is 0.278 e. The summed E-state index contributed by atoms with van der Waals surface area (Å²) in [7, 11) is 0. The number of hydrogen-bond donors (Lipinski definition) is 2. The van der Waals surface area contributed by atoms with Gasteiger partial charge in [0.25, 0.3) is 5.56 Å². The summed E-state index contributed by atoms with van der Waals surface area (Å²) in [5.74, 6) is -0.928. The van der Waals surface area contributed by atoms with Crippen LogP contribution in [0.2, 0.25) is 0 Å². The second-order valence-electron chi connectivity index (χ2n) is 5.41. The van der Waals surface area contributed by atoms with Crippen LogP contribution < -0.4 is 16.6 Å². The Hall–Kier alpha value is -3.55. The molecule has 0 spiro atoms. The van der Waals surface area contributed by atoms with Gasteiger partial charge in [0.2, 0.25) is 11.8 Å². The van der Waals surface area contributed by atoms with Crippen molar-refractivity contribution in [2.24, 2.45) is 5.73 Å². The fraction of sp³-hybridized carbons (Fsp3) is 0.118. The molecular weight excluding hydrogens is 322 g/mol. The smallest absolute Gasteiger partial charge is 0.278 e. The number of hydrogen-bond acceptors (Lipinski definition) is 5. The minimum Gasteiger partial charge on any atom is -0.366 e. The van der Waals surface area contributed by atoms with Crippen LogP contribution in [0.25, 0.3) is 10.9 Å². The van der Waals surface area contributed by atoms with Crippen molar-refractivity contribution >= 4 is 22.7 Å². The zero-order valence-corrected chi connectivity index (χ0v) is 13.2. The predicted molar refractivity (Wildman–Crippen MR) is 90.6 cm³/mol. The van der Waals surface area contributed by atoms with Gasteiger partial charge in [-0.05, 0) is 29.8 Å². The Balaban J connectivity index is 1.69. The summed E-state index contributed by atoms with van der Waals surface area (Å²) in [4.78, 5) is 35.5. The molecule has 1 aromatic heterocycles. The molecule has 0 unspecified atom stereocenters. The molecule has 126 valence electrons. The molecule has 0 aliphatic carbocycles. The van der Waals surface area contributed by atoms with E-state index in [1.54, 1.807) is 48.5 Å². The monoisotopic (exact) mass is 337 g/mol. The second-order valence-corrected chi connectivity index (χ2v) is 5.41. The van der Waals surface area contributed by atoms with Gasteiger partial charge in [0, 0.05) is 12.1 Å². The lowest BCUT2D eigenvalue weighted by atomic mass is 10.1. The summed E-state index contributed by atoms with van der Waals surface area (Å²) in [5, 5.41) is 10.8. The highest BCUT2D eigenvalue weighted by Gasteiger charge is 2.09. The van der Waals surface area contributed by atoms with E-state index in [0.717, 1.165) is 10.2 Å². The Bertz CT molecular complexity index is 1010. The van der Waals surface area contributed by atoms with Crippen LogP contribution >= 0.6 is 0 Å². The third kappa shape index (κ3) is 3.69. The number of rotatable bonds is 5. The van der Waals surface area contributed by atoms with E-state index in [1.165, 1.54) is 0 Å². The highest BCUT2D eigenvalue weighted by atomic mass is 16.2. The third-order valence-corrected chi connectivity index (χ3v) is 3.62. The summed E-state index contributed by atoms with van der Waals surface area (Å²) < 4.78 is 1.01. The van der Waals surface area contributed by atoms with Crippen molar-refractivity contribution in [2.75, 3.05) is 0 Å². The maximum atomic E-state index is 12.3. The number of primary amides is 1. The molecule has 0 saturated carbocycles. The fourth-order valence-electron chi connectivity index (χ4n) is 2.35. The standard InChI is InChI=1S/C17H15N5O3/c18-16(24)12-5-3-4-11(8-12)9-19-15(23)10-22-17(25)13-6-1-2-7-14(13)20-21-22/h1-8H,9-10H2,(H2,18,24)(H,19,23). The number of aromatic nitrogens is 3. The van der Waals surface area contributed by atoms with Crippen LogP contribution in [0, 0.1) is 0 Å². The van der Waals surface area contributed by atoms with E-state index in [0.29, 0.717) is 16.5 Å². The number of carbonyl (C=O) groups is 2. The average Bonchev–Trinajstić information content (AvgIpc) is 2.63. The highest BCUT2D eigenvalue weighted by molar-refractivity contribution is 5.92. The van der Waals surface area contributed by atoms with E-state index in [-0.39, 0.29) is 18.6 Å². The molecule has 1 heterocycles. The Morgan fingerprint density at radius 1 is 1.12 bits per heavy atom. The average molecular weight is 337 g/mol. The van der Waals surface area contributed by atoms with Crippen LogP contribution in [0.1, 0.15) is 15.9 Å². The zero-order chi connectivity index (χ0) is 17.8. The Morgan fingerprint density at radius 2 is 1.92 bits per heavy atom. The summed E-state index contributed by atoms with van der Waals surface area (Å²) in [6.45, 7) is -0.0398. The molecular formula is C17H15N5O3. The van der Waals surface area contributed by atoms with Gasteiger partial charge in [-0.15, -0.1) is 5.10 Å². The predicted octanol–water partition coefficient (Wildman–Crippen LogP) is 0.207. The number of carbonyl (C=O) groups excluding carboxylic acids is 2. The molecule has 3 aromatic rings. The van der Waals surface area contributed by atoms with Crippen molar-refractivity contribution in [3.8, 4) is 0 Å². The second kappa shape index (κ2) is 6.91.